The van der Waals surface area contributed by atoms with Gasteiger partial charge < -0.3 is 24.6 Å². The summed E-state index contributed by atoms with van der Waals surface area (Å²) in [5, 5.41) is 13.2. The summed E-state index contributed by atoms with van der Waals surface area (Å²) in [5.41, 5.74) is 2.23. The molecule has 1 aliphatic rings. The van der Waals surface area contributed by atoms with Gasteiger partial charge in [0, 0.05) is 5.69 Å². The molecule has 11 heteroatoms. The molecule has 0 fully saturated rings. The van der Waals surface area contributed by atoms with Crippen LogP contribution in [0, 0.1) is 12.3 Å². The maximum absolute atomic E-state index is 14.1. The van der Waals surface area contributed by atoms with Crippen molar-refractivity contribution < 1.29 is 24.1 Å². The van der Waals surface area contributed by atoms with E-state index < -0.39 is 11.9 Å². The van der Waals surface area contributed by atoms with Crippen LogP contribution in [0.25, 0.3) is 6.08 Å². The highest BCUT2D eigenvalue weighted by atomic mass is 79.9. The zero-order chi connectivity index (χ0) is 30.7. The van der Waals surface area contributed by atoms with Crippen molar-refractivity contribution >= 4 is 44.9 Å². The van der Waals surface area contributed by atoms with Crippen LogP contribution in [0.15, 0.2) is 86.2 Å². The first kappa shape index (κ1) is 29.7. The number of halogens is 1. The Kier molecular flexibility index (Phi) is 8.71. The Hall–Kier alpha value is -4.79. The van der Waals surface area contributed by atoms with Gasteiger partial charge in [-0.1, -0.05) is 41.5 Å². The van der Waals surface area contributed by atoms with Crippen molar-refractivity contribution in [2.75, 3.05) is 26.1 Å². The largest absolute Gasteiger partial charge is 0.504 e. The van der Waals surface area contributed by atoms with Crippen LogP contribution in [0.5, 0.6) is 23.0 Å². The molecule has 1 aliphatic heterocycles. The Morgan fingerprint density at radius 2 is 1.91 bits per heavy atom. The van der Waals surface area contributed by atoms with Gasteiger partial charge in [-0.2, -0.15) is 0 Å². The highest BCUT2D eigenvalue weighted by Gasteiger charge is 2.33. The molecule has 43 heavy (non-hydrogen) atoms. The quantitative estimate of drug-likeness (QED) is 0.272. The molecule has 2 N–H and O–H groups in total. The number of para-hydroxylation sites is 1. The summed E-state index contributed by atoms with van der Waals surface area (Å²) in [6, 6.07) is 16.5. The third kappa shape index (κ3) is 5.93. The molecule has 5 rings (SSSR count). The fourth-order valence-electron chi connectivity index (χ4n) is 4.74. The second-order valence-electron chi connectivity index (χ2n) is 9.36. The Balaban J connectivity index is 1.67. The zero-order valence-electron chi connectivity index (χ0n) is 23.4. The number of benzene rings is 3. The Labute approximate surface area is 259 Å². The van der Waals surface area contributed by atoms with Crippen molar-refractivity contribution in [2.24, 2.45) is 4.99 Å². The van der Waals surface area contributed by atoms with Crippen molar-refractivity contribution in [3.63, 3.8) is 0 Å². The van der Waals surface area contributed by atoms with E-state index >= 15 is 0 Å². The molecule has 0 spiro atoms. The first-order chi connectivity index (χ1) is 20.7. The summed E-state index contributed by atoms with van der Waals surface area (Å²) >= 11 is 4.70. The molecule has 9 nitrogen and oxygen atoms in total. The molecule has 0 bridgehead atoms. The molecule has 0 saturated heterocycles. The van der Waals surface area contributed by atoms with E-state index in [4.69, 9.17) is 20.6 Å². The lowest BCUT2D eigenvalue weighted by molar-refractivity contribution is -0.113. The number of ether oxygens (including phenoxy) is 3. The number of carbonyl (C=O) groups excluding carboxylic acids is 1. The second-order valence-corrected chi connectivity index (χ2v) is 11.2. The number of terminal acetylenes is 1. The van der Waals surface area contributed by atoms with E-state index in [9.17, 15) is 14.7 Å². The minimum absolute atomic E-state index is 0.0640. The van der Waals surface area contributed by atoms with E-state index in [2.05, 4.69) is 32.2 Å². The number of carbonyl (C=O) groups is 1. The Bertz CT molecular complexity index is 1970. The topological polar surface area (TPSA) is 111 Å². The predicted octanol–water partition coefficient (Wildman–Crippen LogP) is 4.37. The number of phenols is 1. The molecule has 3 aromatic carbocycles. The lowest BCUT2D eigenvalue weighted by atomic mass is 9.94. The number of allylic oxidation sites excluding steroid dienone is 1. The number of anilines is 1. The smallest absolute Gasteiger partial charge is 0.271 e. The normalized spacial score (nSPS) is 14.4. The van der Waals surface area contributed by atoms with Gasteiger partial charge in [-0.25, -0.2) is 4.99 Å². The number of methoxy groups -OCH3 is 2. The van der Waals surface area contributed by atoms with Crippen molar-refractivity contribution in [2.45, 2.75) is 13.0 Å². The summed E-state index contributed by atoms with van der Waals surface area (Å²) in [6.07, 6.45) is 7.06. The van der Waals surface area contributed by atoms with Crippen molar-refractivity contribution in [1.82, 2.24) is 4.57 Å². The molecule has 0 aliphatic carbocycles. The van der Waals surface area contributed by atoms with E-state index in [0.29, 0.717) is 47.8 Å². The molecule has 0 radical (unpaired) electrons. The molecular formula is C32H26BrN3O6S. The first-order valence-corrected chi connectivity index (χ1v) is 14.6. The summed E-state index contributed by atoms with van der Waals surface area (Å²) in [4.78, 5) is 32.9. The van der Waals surface area contributed by atoms with Crippen LogP contribution in [0.1, 0.15) is 24.1 Å². The van der Waals surface area contributed by atoms with Gasteiger partial charge in [0.1, 0.15) is 6.61 Å². The van der Waals surface area contributed by atoms with Gasteiger partial charge in [0.25, 0.3) is 11.5 Å². The Morgan fingerprint density at radius 3 is 2.60 bits per heavy atom. The fraction of sp³-hybridized carbons (Fsp3) is 0.156. The van der Waals surface area contributed by atoms with Gasteiger partial charge in [-0.15, -0.1) is 6.42 Å². The fourth-order valence-corrected chi connectivity index (χ4v) is 6.36. The van der Waals surface area contributed by atoms with Crippen molar-refractivity contribution in [3.8, 4) is 35.3 Å². The van der Waals surface area contributed by atoms with Gasteiger partial charge in [0.05, 0.1) is 40.5 Å². The second kappa shape index (κ2) is 12.6. The lowest BCUT2D eigenvalue weighted by Gasteiger charge is -2.25. The number of hydrogen-bond acceptors (Lipinski definition) is 8. The number of rotatable bonds is 8. The monoisotopic (exact) mass is 659 g/mol. The number of amides is 1. The van der Waals surface area contributed by atoms with E-state index in [1.54, 1.807) is 49.4 Å². The zero-order valence-corrected chi connectivity index (χ0v) is 25.8. The molecule has 4 aromatic rings. The van der Waals surface area contributed by atoms with Gasteiger partial charge in [-0.05, 0) is 76.5 Å². The first-order valence-electron chi connectivity index (χ1n) is 12.9. The van der Waals surface area contributed by atoms with Crippen molar-refractivity contribution in [3.05, 3.63) is 107 Å². The van der Waals surface area contributed by atoms with Crippen molar-refractivity contribution in [1.29, 1.82) is 0 Å². The van der Waals surface area contributed by atoms with Crippen LogP contribution in [0.4, 0.5) is 5.69 Å². The number of thiazole rings is 1. The molecule has 1 atom stereocenters. The molecule has 1 amide bonds. The molecule has 2 heterocycles. The van der Waals surface area contributed by atoms with Crippen LogP contribution >= 0.6 is 27.3 Å². The highest BCUT2D eigenvalue weighted by Crippen LogP contribution is 2.37. The maximum atomic E-state index is 14.1. The number of aromatic hydroxyl groups is 1. The standard InChI is InChI=1S/C32H26BrN3O6S/c1-5-13-42-29-22(33)14-19(15-25(29)41-4)16-26-31(39)36-28(20-11-12-23(37)24(17-20)40-3)27(18(2)34-32(36)43-26)30(38)35-21-9-7-6-8-10-21/h1,6-12,14-17,28,37H,13H2,2-4H3,(H,35,38)/b26-16-/t28-/m1/s1. The summed E-state index contributed by atoms with van der Waals surface area (Å²) < 4.78 is 18.9. The van der Waals surface area contributed by atoms with Crippen LogP contribution in [-0.4, -0.2) is 36.4 Å². The number of hydrogen-bond donors (Lipinski definition) is 2. The number of nitrogens with zero attached hydrogens (tertiary/aromatic N) is 2. The van der Waals surface area contributed by atoms with E-state index in [1.165, 1.54) is 36.2 Å². The molecule has 0 unspecified atom stereocenters. The summed E-state index contributed by atoms with van der Waals surface area (Å²) in [5.74, 6) is 3.05. The lowest BCUT2D eigenvalue weighted by Crippen LogP contribution is -2.40. The molecule has 218 valence electrons. The van der Waals surface area contributed by atoms with Gasteiger partial charge in [0.15, 0.2) is 27.8 Å². The maximum Gasteiger partial charge on any atom is 0.271 e. The number of fused-ring (bicyclic) bond motifs is 1. The summed E-state index contributed by atoms with van der Waals surface area (Å²) in [7, 11) is 2.95. The number of phenolic OH excluding ortho intramolecular Hbond substituents is 1. The molecule has 1 aromatic heterocycles. The average Bonchev–Trinajstić information content (AvgIpc) is 3.30. The predicted molar refractivity (Wildman–Crippen MR) is 169 cm³/mol. The minimum atomic E-state index is -0.850. The highest BCUT2D eigenvalue weighted by molar-refractivity contribution is 9.10. The van der Waals surface area contributed by atoms with Gasteiger partial charge >= 0.3 is 0 Å². The molecular weight excluding hydrogens is 634 g/mol. The number of nitrogens with one attached hydrogen (secondary N) is 1. The third-order valence-electron chi connectivity index (χ3n) is 6.67. The van der Waals surface area contributed by atoms with Crippen LogP contribution in [0.2, 0.25) is 0 Å². The van der Waals surface area contributed by atoms with E-state index in [1.807, 2.05) is 18.2 Å². The Morgan fingerprint density at radius 1 is 1.16 bits per heavy atom. The third-order valence-corrected chi connectivity index (χ3v) is 8.24. The molecule has 0 saturated carbocycles. The van der Waals surface area contributed by atoms with Crippen LogP contribution in [0.3, 0.4) is 0 Å². The SMILES string of the molecule is C#CCOc1c(Br)cc(/C=c2\sc3n(c2=O)[C@H](c2ccc(O)c(OC)c2)C(C(=O)Nc2ccccc2)=C(C)N=3)cc1OC. The van der Waals surface area contributed by atoms with E-state index in [-0.39, 0.29) is 29.2 Å². The van der Waals surface area contributed by atoms with Crippen LogP contribution in [-0.2, 0) is 4.79 Å². The minimum Gasteiger partial charge on any atom is -0.504 e. The van der Waals surface area contributed by atoms with E-state index in [0.717, 1.165) is 0 Å². The number of aromatic nitrogens is 1. The summed E-state index contributed by atoms with van der Waals surface area (Å²) in [6.45, 7) is 1.80. The van der Waals surface area contributed by atoms with Gasteiger partial charge in [-0.3, -0.25) is 14.2 Å². The van der Waals surface area contributed by atoms with Crippen LogP contribution < -0.4 is 34.4 Å². The van der Waals surface area contributed by atoms with Gasteiger partial charge in [0.2, 0.25) is 0 Å². The average molecular weight is 661 g/mol.